The van der Waals surface area contributed by atoms with E-state index in [1.54, 1.807) is 0 Å². The summed E-state index contributed by atoms with van der Waals surface area (Å²) in [6.45, 7) is 4.74. The van der Waals surface area contributed by atoms with Crippen LogP contribution in [0.4, 0.5) is 11.8 Å². The summed E-state index contributed by atoms with van der Waals surface area (Å²) in [6.07, 6.45) is 8.47. The minimum Gasteiger partial charge on any atom is -0.370 e. The number of hydrogen-bond donors (Lipinski definition) is 2. The number of nitrogen functional groups attached to an aromatic ring is 1. The van der Waals surface area contributed by atoms with Gasteiger partial charge in [0.25, 0.3) is 0 Å². The molecule has 1 saturated heterocycles. The summed E-state index contributed by atoms with van der Waals surface area (Å²) in [4.78, 5) is 11.8. The maximum Gasteiger partial charge on any atom is 0.222 e. The standard InChI is InChI=1S/C22H31N5/c23-22-25-20-18(17-9-2-1-3-10-17)11-8-12-19(20)21(26-22)24-13-4-5-14-27-15-6-7-16-27/h1-3,9-10,18H,4-8,11-16H2,(H3,23,24,25,26). The van der Waals surface area contributed by atoms with Crippen LogP contribution in [0.2, 0.25) is 0 Å². The molecule has 5 heteroatoms. The van der Waals surface area contributed by atoms with Crippen molar-refractivity contribution in [2.75, 3.05) is 37.2 Å². The van der Waals surface area contributed by atoms with Gasteiger partial charge in [0.1, 0.15) is 5.82 Å². The second-order valence-electron chi connectivity index (χ2n) is 7.83. The number of anilines is 2. The van der Waals surface area contributed by atoms with Crippen LogP contribution in [0.1, 0.15) is 61.3 Å². The van der Waals surface area contributed by atoms with Crippen LogP contribution >= 0.6 is 0 Å². The number of fused-ring (bicyclic) bond motifs is 1. The number of nitrogens with two attached hydrogens (primary N) is 1. The van der Waals surface area contributed by atoms with Gasteiger partial charge >= 0.3 is 0 Å². The molecule has 3 N–H and O–H groups in total. The van der Waals surface area contributed by atoms with Crippen molar-refractivity contribution in [2.24, 2.45) is 0 Å². The molecule has 1 aromatic heterocycles. The van der Waals surface area contributed by atoms with E-state index in [4.69, 9.17) is 5.73 Å². The molecule has 4 rings (SSSR count). The number of nitrogens with one attached hydrogen (secondary N) is 1. The van der Waals surface area contributed by atoms with Crippen molar-refractivity contribution >= 4 is 11.8 Å². The van der Waals surface area contributed by atoms with Gasteiger partial charge in [-0.15, -0.1) is 0 Å². The first-order valence-electron chi connectivity index (χ1n) is 10.5. The maximum absolute atomic E-state index is 6.07. The number of likely N-dealkylation sites (tertiary alicyclic amines) is 1. The first-order chi connectivity index (χ1) is 13.3. The maximum atomic E-state index is 6.07. The van der Waals surface area contributed by atoms with Crippen LogP contribution in [-0.2, 0) is 6.42 Å². The third kappa shape index (κ3) is 4.41. The molecular weight excluding hydrogens is 334 g/mol. The van der Waals surface area contributed by atoms with E-state index in [1.165, 1.54) is 56.4 Å². The third-order valence-corrected chi connectivity index (χ3v) is 5.90. The summed E-state index contributed by atoms with van der Waals surface area (Å²) >= 11 is 0. The Kier molecular flexibility index (Phi) is 5.87. The molecule has 1 fully saturated rings. The monoisotopic (exact) mass is 365 g/mol. The number of rotatable bonds is 7. The number of benzene rings is 1. The van der Waals surface area contributed by atoms with Crippen molar-refractivity contribution in [2.45, 2.75) is 50.9 Å². The van der Waals surface area contributed by atoms with Crippen LogP contribution < -0.4 is 11.1 Å². The first-order valence-corrected chi connectivity index (χ1v) is 10.5. The first kappa shape index (κ1) is 18.2. The van der Waals surface area contributed by atoms with Crippen molar-refractivity contribution in [1.82, 2.24) is 14.9 Å². The van der Waals surface area contributed by atoms with Crippen LogP contribution in [0, 0.1) is 0 Å². The van der Waals surface area contributed by atoms with Crippen molar-refractivity contribution < 1.29 is 0 Å². The highest BCUT2D eigenvalue weighted by Crippen LogP contribution is 2.38. The predicted octanol–water partition coefficient (Wildman–Crippen LogP) is 3.81. The molecule has 2 heterocycles. The Labute approximate surface area is 162 Å². The molecule has 1 aliphatic carbocycles. The summed E-state index contributed by atoms with van der Waals surface area (Å²) in [6, 6.07) is 10.7. The average Bonchev–Trinajstić information content (AvgIpc) is 3.21. The molecule has 0 bridgehead atoms. The molecule has 27 heavy (non-hydrogen) atoms. The smallest absolute Gasteiger partial charge is 0.222 e. The Hall–Kier alpha value is -2.14. The lowest BCUT2D eigenvalue weighted by molar-refractivity contribution is 0.331. The normalized spacial score (nSPS) is 19.8. The fourth-order valence-corrected chi connectivity index (χ4v) is 4.50. The molecule has 0 spiro atoms. The zero-order chi connectivity index (χ0) is 18.5. The van der Waals surface area contributed by atoms with Gasteiger partial charge in [0.05, 0.1) is 5.69 Å². The van der Waals surface area contributed by atoms with Gasteiger partial charge in [0.15, 0.2) is 0 Å². The highest BCUT2D eigenvalue weighted by Gasteiger charge is 2.26. The van der Waals surface area contributed by atoms with Crippen molar-refractivity contribution in [3.8, 4) is 0 Å². The van der Waals surface area contributed by atoms with Gasteiger partial charge in [-0.05, 0) is 70.1 Å². The predicted molar refractivity (Wildman–Crippen MR) is 111 cm³/mol. The van der Waals surface area contributed by atoms with Crippen molar-refractivity contribution in [1.29, 1.82) is 0 Å². The summed E-state index contributed by atoms with van der Waals surface area (Å²) in [5.74, 6) is 1.67. The van der Waals surface area contributed by atoms with Crippen molar-refractivity contribution in [3.05, 3.63) is 47.2 Å². The zero-order valence-corrected chi connectivity index (χ0v) is 16.2. The molecule has 2 aromatic rings. The van der Waals surface area contributed by atoms with Gasteiger partial charge in [-0.2, -0.15) is 4.98 Å². The van der Waals surface area contributed by atoms with Crippen molar-refractivity contribution in [3.63, 3.8) is 0 Å². The average molecular weight is 366 g/mol. The zero-order valence-electron chi connectivity index (χ0n) is 16.2. The van der Waals surface area contributed by atoms with Gasteiger partial charge < -0.3 is 16.0 Å². The molecule has 1 atom stereocenters. The third-order valence-electron chi connectivity index (χ3n) is 5.90. The van der Waals surface area contributed by atoms with E-state index in [0.29, 0.717) is 11.9 Å². The van der Waals surface area contributed by atoms with Gasteiger partial charge in [-0.25, -0.2) is 4.98 Å². The largest absolute Gasteiger partial charge is 0.370 e. The number of unbranched alkanes of at least 4 members (excludes halogenated alkanes) is 1. The highest BCUT2D eigenvalue weighted by atomic mass is 15.1. The van der Waals surface area contributed by atoms with E-state index in [1.807, 2.05) is 0 Å². The SMILES string of the molecule is Nc1nc(NCCCCN2CCCC2)c2c(n1)C(c1ccccc1)CCC2. The highest BCUT2D eigenvalue weighted by molar-refractivity contribution is 5.53. The van der Waals surface area contributed by atoms with Gasteiger partial charge in [-0.3, -0.25) is 0 Å². The van der Waals surface area contributed by atoms with E-state index in [2.05, 4.69) is 50.5 Å². The number of aromatic nitrogens is 2. The summed E-state index contributed by atoms with van der Waals surface area (Å²) in [5.41, 5.74) is 9.79. The Bertz CT molecular complexity index is 740. The molecule has 0 amide bonds. The molecule has 0 radical (unpaired) electrons. The molecule has 0 saturated carbocycles. The topological polar surface area (TPSA) is 67.1 Å². The number of hydrogen-bond acceptors (Lipinski definition) is 5. The lowest BCUT2D eigenvalue weighted by atomic mass is 9.82. The van der Waals surface area contributed by atoms with E-state index >= 15 is 0 Å². The van der Waals surface area contributed by atoms with E-state index in [9.17, 15) is 0 Å². The summed E-state index contributed by atoms with van der Waals surface area (Å²) in [7, 11) is 0. The second-order valence-corrected chi connectivity index (χ2v) is 7.83. The minimum absolute atomic E-state index is 0.330. The molecule has 1 aliphatic heterocycles. The lowest BCUT2D eigenvalue weighted by Crippen LogP contribution is -2.21. The Morgan fingerprint density at radius 2 is 1.85 bits per heavy atom. The summed E-state index contributed by atoms with van der Waals surface area (Å²) in [5, 5.41) is 3.56. The Morgan fingerprint density at radius 3 is 2.67 bits per heavy atom. The number of nitrogens with zero attached hydrogens (tertiary/aromatic N) is 3. The molecule has 1 aromatic carbocycles. The van der Waals surface area contributed by atoms with Crippen LogP contribution in [0.5, 0.6) is 0 Å². The second kappa shape index (κ2) is 8.70. The summed E-state index contributed by atoms with van der Waals surface area (Å²) < 4.78 is 0. The fourth-order valence-electron chi connectivity index (χ4n) is 4.50. The van der Waals surface area contributed by atoms with Crippen LogP contribution in [0.15, 0.2) is 30.3 Å². The molecule has 144 valence electrons. The molecule has 2 aliphatic rings. The van der Waals surface area contributed by atoms with E-state index in [-0.39, 0.29) is 0 Å². The van der Waals surface area contributed by atoms with Crippen LogP contribution in [0.3, 0.4) is 0 Å². The quantitative estimate of drug-likeness (QED) is 0.730. The Balaban J connectivity index is 1.42. The Morgan fingerprint density at radius 1 is 1.04 bits per heavy atom. The lowest BCUT2D eigenvalue weighted by Gasteiger charge is -2.26. The van der Waals surface area contributed by atoms with Gasteiger partial charge in [0, 0.05) is 18.0 Å². The molecule has 5 nitrogen and oxygen atoms in total. The van der Waals surface area contributed by atoms with E-state index in [0.717, 1.165) is 37.3 Å². The molecule has 1 unspecified atom stereocenters. The minimum atomic E-state index is 0.330. The van der Waals surface area contributed by atoms with E-state index < -0.39 is 0 Å². The van der Waals surface area contributed by atoms with Crippen LogP contribution in [-0.4, -0.2) is 41.0 Å². The van der Waals surface area contributed by atoms with Gasteiger partial charge in [-0.1, -0.05) is 30.3 Å². The molecular formula is C22H31N5. The van der Waals surface area contributed by atoms with Crippen LogP contribution in [0.25, 0.3) is 0 Å². The fraction of sp³-hybridized carbons (Fsp3) is 0.545. The van der Waals surface area contributed by atoms with Gasteiger partial charge in [0.2, 0.25) is 5.95 Å².